The number of nitrogens with one attached hydrogen (secondary N) is 2. The molecule has 2 aromatic carbocycles. The number of ether oxygens (including phenoxy) is 1. The maximum absolute atomic E-state index is 12.4. The molecule has 0 saturated carbocycles. The summed E-state index contributed by atoms with van der Waals surface area (Å²) in [6.07, 6.45) is 1.60. The fraction of sp³-hybridized carbons (Fsp3) is 0.0526. The molecule has 0 spiro atoms. The number of pyridine rings is 1. The molecule has 1 aromatic heterocycles. The molecule has 3 aromatic rings. The fourth-order valence-corrected chi connectivity index (χ4v) is 2.66. The van der Waals surface area contributed by atoms with Crippen LogP contribution < -0.4 is 15.4 Å². The number of halogens is 1. The van der Waals surface area contributed by atoms with Crippen LogP contribution in [-0.2, 0) is 0 Å². The van der Waals surface area contributed by atoms with Crippen LogP contribution in [0.3, 0.4) is 0 Å². The van der Waals surface area contributed by atoms with Crippen molar-refractivity contribution >= 4 is 39.0 Å². The zero-order valence-corrected chi connectivity index (χ0v) is 15.1. The summed E-state index contributed by atoms with van der Waals surface area (Å²) in [7, 11) is 1.54. The lowest BCUT2D eigenvalue weighted by atomic mass is 10.2. The quantitative estimate of drug-likeness (QED) is 0.645. The Balaban J connectivity index is 1.70. The largest absolute Gasteiger partial charge is 0.496 e. The van der Waals surface area contributed by atoms with Crippen molar-refractivity contribution in [3.8, 4) is 5.75 Å². The van der Waals surface area contributed by atoms with E-state index in [0.717, 1.165) is 10.2 Å². The van der Waals surface area contributed by atoms with Gasteiger partial charge in [-0.15, -0.1) is 0 Å². The third-order valence-electron chi connectivity index (χ3n) is 3.51. The number of aromatic nitrogens is 1. The van der Waals surface area contributed by atoms with E-state index in [2.05, 4.69) is 31.5 Å². The summed E-state index contributed by atoms with van der Waals surface area (Å²) in [5, 5.41) is 6.03. The van der Waals surface area contributed by atoms with Gasteiger partial charge in [0, 0.05) is 4.47 Å². The lowest BCUT2D eigenvalue weighted by Gasteiger charge is -2.10. The Hall–Kier alpha value is -2.86. The number of hydrogen-bond acceptors (Lipinski definition) is 4. The zero-order chi connectivity index (χ0) is 17.6. The molecular formula is C19H16BrN3O2. The summed E-state index contributed by atoms with van der Waals surface area (Å²) in [5.74, 6) is 0.966. The van der Waals surface area contributed by atoms with Gasteiger partial charge in [-0.05, 0) is 52.3 Å². The number of methoxy groups -OCH3 is 1. The van der Waals surface area contributed by atoms with Crippen molar-refractivity contribution in [1.29, 1.82) is 0 Å². The van der Waals surface area contributed by atoms with Crippen molar-refractivity contribution in [3.63, 3.8) is 0 Å². The Morgan fingerprint density at radius 3 is 2.52 bits per heavy atom. The Labute approximate surface area is 154 Å². The van der Waals surface area contributed by atoms with E-state index in [1.54, 1.807) is 36.5 Å². The van der Waals surface area contributed by atoms with Crippen LogP contribution in [0.2, 0.25) is 0 Å². The number of anilines is 3. The summed E-state index contributed by atoms with van der Waals surface area (Å²) >= 11 is 3.48. The van der Waals surface area contributed by atoms with Crippen LogP contribution in [0.15, 0.2) is 71.3 Å². The predicted molar refractivity (Wildman–Crippen MR) is 103 cm³/mol. The summed E-state index contributed by atoms with van der Waals surface area (Å²) < 4.78 is 6.16. The molecule has 0 unspecified atom stereocenters. The highest BCUT2D eigenvalue weighted by Crippen LogP contribution is 2.25. The van der Waals surface area contributed by atoms with Crippen molar-refractivity contribution in [2.45, 2.75) is 0 Å². The molecule has 1 amide bonds. The van der Waals surface area contributed by atoms with E-state index in [-0.39, 0.29) is 5.91 Å². The molecule has 6 heteroatoms. The Kier molecular flexibility index (Phi) is 5.30. The number of nitrogens with zero attached hydrogens (tertiary/aromatic N) is 1. The highest BCUT2D eigenvalue weighted by Gasteiger charge is 2.11. The van der Waals surface area contributed by atoms with Gasteiger partial charge in [-0.2, -0.15) is 0 Å². The topological polar surface area (TPSA) is 63.2 Å². The van der Waals surface area contributed by atoms with E-state index >= 15 is 0 Å². The smallest absolute Gasteiger partial charge is 0.259 e. The Morgan fingerprint density at radius 2 is 1.80 bits per heavy atom. The first-order chi connectivity index (χ1) is 12.2. The summed E-state index contributed by atoms with van der Waals surface area (Å²) in [6.45, 7) is 0. The van der Waals surface area contributed by atoms with Gasteiger partial charge in [0.1, 0.15) is 11.6 Å². The average molecular weight is 398 g/mol. The van der Waals surface area contributed by atoms with E-state index in [1.165, 1.54) is 7.11 Å². The summed E-state index contributed by atoms with van der Waals surface area (Å²) in [6, 6.07) is 18.4. The monoisotopic (exact) mass is 397 g/mol. The zero-order valence-electron chi connectivity index (χ0n) is 13.5. The van der Waals surface area contributed by atoms with Gasteiger partial charge in [0.05, 0.1) is 30.2 Å². The van der Waals surface area contributed by atoms with Crippen LogP contribution in [0.1, 0.15) is 10.4 Å². The minimum absolute atomic E-state index is 0.245. The van der Waals surface area contributed by atoms with Crippen LogP contribution in [-0.4, -0.2) is 18.0 Å². The SMILES string of the molecule is COc1ccccc1C(=O)Nc1ccc(Nc2ccccc2Br)nc1. The maximum atomic E-state index is 12.4. The predicted octanol–water partition coefficient (Wildman–Crippen LogP) is 4.85. The molecule has 0 aliphatic rings. The second-order valence-electron chi connectivity index (χ2n) is 5.19. The van der Waals surface area contributed by atoms with Crippen LogP contribution in [0, 0.1) is 0 Å². The van der Waals surface area contributed by atoms with Crippen molar-refractivity contribution in [2.24, 2.45) is 0 Å². The van der Waals surface area contributed by atoms with Crippen LogP contribution in [0.25, 0.3) is 0 Å². The highest BCUT2D eigenvalue weighted by atomic mass is 79.9. The number of carbonyl (C=O) groups is 1. The molecule has 0 atom stereocenters. The van der Waals surface area contributed by atoms with Gasteiger partial charge in [0.2, 0.25) is 0 Å². The number of amides is 1. The van der Waals surface area contributed by atoms with E-state index in [1.807, 2.05) is 30.3 Å². The van der Waals surface area contributed by atoms with Crippen LogP contribution >= 0.6 is 15.9 Å². The minimum Gasteiger partial charge on any atom is -0.496 e. The number of benzene rings is 2. The summed E-state index contributed by atoms with van der Waals surface area (Å²) in [4.78, 5) is 16.7. The molecule has 126 valence electrons. The molecule has 0 aliphatic carbocycles. The fourth-order valence-electron chi connectivity index (χ4n) is 2.27. The number of carbonyl (C=O) groups excluding carboxylic acids is 1. The van der Waals surface area contributed by atoms with Crippen molar-refractivity contribution in [3.05, 3.63) is 76.9 Å². The van der Waals surface area contributed by atoms with Gasteiger partial charge in [-0.25, -0.2) is 4.98 Å². The normalized spacial score (nSPS) is 10.2. The first-order valence-electron chi connectivity index (χ1n) is 7.59. The number of para-hydroxylation sites is 2. The maximum Gasteiger partial charge on any atom is 0.259 e. The molecule has 0 bridgehead atoms. The van der Waals surface area contributed by atoms with Gasteiger partial charge < -0.3 is 15.4 Å². The molecule has 5 nitrogen and oxygen atoms in total. The van der Waals surface area contributed by atoms with Crippen LogP contribution in [0.5, 0.6) is 5.75 Å². The second-order valence-corrected chi connectivity index (χ2v) is 6.05. The van der Waals surface area contributed by atoms with Gasteiger partial charge in [0.25, 0.3) is 5.91 Å². The van der Waals surface area contributed by atoms with E-state index < -0.39 is 0 Å². The van der Waals surface area contributed by atoms with E-state index in [9.17, 15) is 4.79 Å². The lowest BCUT2D eigenvalue weighted by Crippen LogP contribution is -2.13. The van der Waals surface area contributed by atoms with E-state index in [4.69, 9.17) is 4.74 Å². The van der Waals surface area contributed by atoms with Crippen molar-refractivity contribution in [2.75, 3.05) is 17.7 Å². The van der Waals surface area contributed by atoms with Gasteiger partial charge in [-0.3, -0.25) is 4.79 Å². The third kappa shape index (κ3) is 4.16. The molecule has 0 aliphatic heterocycles. The number of hydrogen-bond donors (Lipinski definition) is 2. The molecule has 0 radical (unpaired) electrons. The molecule has 3 rings (SSSR count). The molecule has 0 fully saturated rings. The first-order valence-corrected chi connectivity index (χ1v) is 8.38. The average Bonchev–Trinajstić information content (AvgIpc) is 2.65. The van der Waals surface area contributed by atoms with Gasteiger partial charge in [0.15, 0.2) is 0 Å². The molecule has 0 saturated heterocycles. The van der Waals surface area contributed by atoms with Crippen LogP contribution in [0.4, 0.5) is 17.2 Å². The Bertz CT molecular complexity index is 882. The standard InChI is InChI=1S/C19H16BrN3O2/c1-25-17-9-5-2-6-14(17)19(24)22-13-10-11-18(21-12-13)23-16-8-4-3-7-15(16)20/h2-12H,1H3,(H,21,23)(H,22,24). The minimum atomic E-state index is -0.245. The molecule has 2 N–H and O–H groups in total. The Morgan fingerprint density at radius 1 is 1.04 bits per heavy atom. The summed E-state index contributed by atoms with van der Waals surface area (Å²) in [5.41, 5.74) is 2.00. The highest BCUT2D eigenvalue weighted by molar-refractivity contribution is 9.10. The lowest BCUT2D eigenvalue weighted by molar-refractivity contribution is 0.102. The van der Waals surface area contributed by atoms with E-state index in [0.29, 0.717) is 22.8 Å². The van der Waals surface area contributed by atoms with Gasteiger partial charge in [-0.1, -0.05) is 24.3 Å². The first kappa shape index (κ1) is 17.0. The second kappa shape index (κ2) is 7.81. The third-order valence-corrected chi connectivity index (χ3v) is 4.20. The number of rotatable bonds is 5. The van der Waals surface area contributed by atoms with Gasteiger partial charge >= 0.3 is 0 Å². The van der Waals surface area contributed by atoms with Crippen molar-refractivity contribution in [1.82, 2.24) is 4.98 Å². The van der Waals surface area contributed by atoms with Crippen molar-refractivity contribution < 1.29 is 9.53 Å². The molecule has 25 heavy (non-hydrogen) atoms. The molecular weight excluding hydrogens is 382 g/mol. The molecule has 1 heterocycles.